The smallest absolute Gasteiger partial charge is 0.371 e. The highest BCUT2D eigenvalue weighted by atomic mass is 28.4. The van der Waals surface area contributed by atoms with Crippen molar-refractivity contribution in [2.75, 3.05) is 27.3 Å². The van der Waals surface area contributed by atoms with Crippen LogP contribution >= 0.6 is 0 Å². The Labute approximate surface area is 76.0 Å². The number of hydrogen-bond donors (Lipinski definition) is 2. The molecule has 0 radical (unpaired) electrons. The van der Waals surface area contributed by atoms with Crippen molar-refractivity contribution in [3.63, 3.8) is 0 Å². The van der Waals surface area contributed by atoms with E-state index in [1.165, 1.54) is 0 Å². The first kappa shape index (κ1) is 12.1. The van der Waals surface area contributed by atoms with E-state index in [1.807, 2.05) is 21.0 Å². The van der Waals surface area contributed by atoms with Gasteiger partial charge in [-0.3, -0.25) is 9.96 Å². The van der Waals surface area contributed by atoms with E-state index in [2.05, 4.69) is 16.9 Å². The van der Waals surface area contributed by atoms with Crippen LogP contribution in [0, 0.1) is 0 Å². The van der Waals surface area contributed by atoms with Crippen molar-refractivity contribution in [3.05, 3.63) is 0 Å². The van der Waals surface area contributed by atoms with Gasteiger partial charge in [0, 0.05) is 13.2 Å². The molecule has 0 aliphatic carbocycles. The van der Waals surface area contributed by atoms with E-state index in [0.717, 1.165) is 13.0 Å². The molecule has 0 aromatic carbocycles. The Hall–Kier alpha value is 0.0569. The van der Waals surface area contributed by atoms with Crippen molar-refractivity contribution in [2.24, 2.45) is 0 Å². The van der Waals surface area contributed by atoms with Crippen molar-refractivity contribution in [1.29, 1.82) is 0 Å². The summed E-state index contributed by atoms with van der Waals surface area (Å²) in [6, 6.07) is 0. The molecule has 0 fully saturated rings. The lowest BCUT2D eigenvalue weighted by Crippen LogP contribution is -2.65. The molecule has 0 spiro atoms. The van der Waals surface area contributed by atoms with Crippen LogP contribution in [0.4, 0.5) is 0 Å². The Morgan fingerprint density at radius 3 is 2.00 bits per heavy atom. The average molecular weight is 192 g/mol. The Bertz CT molecular complexity index is 110. The third-order valence-electron chi connectivity index (χ3n) is 1.52. The highest BCUT2D eigenvalue weighted by molar-refractivity contribution is 6.61. The van der Waals surface area contributed by atoms with Gasteiger partial charge in [0.1, 0.15) is 0 Å². The molecule has 12 heavy (non-hydrogen) atoms. The molecule has 5 heteroatoms. The van der Waals surface area contributed by atoms with Gasteiger partial charge in [0.2, 0.25) is 0 Å². The summed E-state index contributed by atoms with van der Waals surface area (Å²) in [6.45, 7) is 5.44. The molecule has 0 aliphatic heterocycles. The molecule has 0 saturated carbocycles. The van der Waals surface area contributed by atoms with Crippen molar-refractivity contribution in [2.45, 2.75) is 20.3 Å². The molecule has 0 rings (SSSR count). The third-order valence-corrected chi connectivity index (χ3v) is 4.14. The van der Waals surface area contributed by atoms with E-state index in [4.69, 9.17) is 8.85 Å². The molecule has 0 aromatic rings. The average Bonchev–Trinajstić information content (AvgIpc) is 2.13. The molecule has 2 N–H and O–H groups in total. The van der Waals surface area contributed by atoms with E-state index < -0.39 is 8.88 Å². The molecule has 0 aliphatic rings. The molecule has 0 saturated heterocycles. The van der Waals surface area contributed by atoms with E-state index in [9.17, 15) is 0 Å². The normalized spacial score (nSPS) is 12.0. The van der Waals surface area contributed by atoms with Crippen molar-refractivity contribution in [1.82, 2.24) is 9.96 Å². The molecule has 74 valence electrons. The maximum Gasteiger partial charge on any atom is 0.516 e. The minimum absolute atomic E-state index is 0.664. The largest absolute Gasteiger partial charge is 0.516 e. The first-order valence-corrected chi connectivity index (χ1v) is 6.22. The zero-order chi connectivity index (χ0) is 9.45. The van der Waals surface area contributed by atoms with Crippen molar-refractivity contribution < 1.29 is 8.85 Å². The summed E-state index contributed by atoms with van der Waals surface area (Å²) in [5.41, 5.74) is 0. The third kappa shape index (κ3) is 3.64. The Balaban J connectivity index is 3.95. The summed E-state index contributed by atoms with van der Waals surface area (Å²) < 4.78 is 11.1. The first-order chi connectivity index (χ1) is 5.74. The Morgan fingerprint density at radius 1 is 1.08 bits per heavy atom. The molecule has 0 heterocycles. The summed E-state index contributed by atoms with van der Waals surface area (Å²) in [5, 5.41) is 0. The molecule has 0 unspecified atom stereocenters. The van der Waals surface area contributed by atoms with Crippen LogP contribution in [0.15, 0.2) is 0 Å². The van der Waals surface area contributed by atoms with Gasteiger partial charge >= 0.3 is 8.88 Å². The minimum atomic E-state index is -2.26. The van der Waals surface area contributed by atoms with Crippen LogP contribution in [0.1, 0.15) is 20.3 Å². The Kier molecular flexibility index (Phi) is 6.59. The van der Waals surface area contributed by atoms with Gasteiger partial charge < -0.3 is 8.85 Å². The summed E-state index contributed by atoms with van der Waals surface area (Å²) in [4.78, 5) is 6.17. The fourth-order valence-electron chi connectivity index (χ4n) is 0.904. The zero-order valence-corrected chi connectivity index (χ0v) is 9.44. The van der Waals surface area contributed by atoms with E-state index in [-0.39, 0.29) is 0 Å². The zero-order valence-electron chi connectivity index (χ0n) is 8.44. The first-order valence-electron chi connectivity index (χ1n) is 4.40. The SMILES string of the molecule is CCCO[Si](NC)(NC)OCC. The second-order valence-corrected chi connectivity index (χ2v) is 5.21. The number of nitrogens with one attached hydrogen (secondary N) is 2. The topological polar surface area (TPSA) is 42.5 Å². The maximum atomic E-state index is 5.61. The van der Waals surface area contributed by atoms with Gasteiger partial charge in [-0.2, -0.15) is 0 Å². The van der Waals surface area contributed by atoms with Crippen LogP contribution < -0.4 is 9.96 Å². The quantitative estimate of drug-likeness (QED) is 0.570. The van der Waals surface area contributed by atoms with Crippen LogP contribution in [0.3, 0.4) is 0 Å². The van der Waals surface area contributed by atoms with Gasteiger partial charge in [0.15, 0.2) is 0 Å². The minimum Gasteiger partial charge on any atom is -0.371 e. The second-order valence-electron chi connectivity index (χ2n) is 2.40. The Morgan fingerprint density at radius 2 is 1.67 bits per heavy atom. The standard InChI is InChI=1S/C7H20N2O2Si/c1-5-7-11-12(8-3,9-4)10-6-2/h8-9H,5-7H2,1-4H3. The van der Waals surface area contributed by atoms with Gasteiger partial charge in [-0.25, -0.2) is 0 Å². The molecular weight excluding hydrogens is 172 g/mol. The van der Waals surface area contributed by atoms with Gasteiger partial charge in [0.25, 0.3) is 0 Å². The lowest BCUT2D eigenvalue weighted by Gasteiger charge is -2.27. The van der Waals surface area contributed by atoms with Crippen LogP contribution in [-0.2, 0) is 8.85 Å². The van der Waals surface area contributed by atoms with E-state index in [1.54, 1.807) is 0 Å². The number of hydrogen-bond acceptors (Lipinski definition) is 4. The molecule has 0 bridgehead atoms. The number of rotatable bonds is 7. The van der Waals surface area contributed by atoms with Gasteiger partial charge in [-0.1, -0.05) is 6.92 Å². The highest BCUT2D eigenvalue weighted by Gasteiger charge is 2.35. The van der Waals surface area contributed by atoms with E-state index >= 15 is 0 Å². The van der Waals surface area contributed by atoms with Gasteiger partial charge in [-0.15, -0.1) is 0 Å². The predicted molar refractivity (Wildman–Crippen MR) is 51.7 cm³/mol. The lowest BCUT2D eigenvalue weighted by atomic mass is 10.5. The summed E-state index contributed by atoms with van der Waals surface area (Å²) >= 11 is 0. The molecular formula is C7H20N2O2Si. The maximum absolute atomic E-state index is 5.61. The van der Waals surface area contributed by atoms with E-state index in [0.29, 0.717) is 6.61 Å². The molecule has 0 atom stereocenters. The summed E-state index contributed by atoms with van der Waals surface area (Å²) in [7, 11) is 1.45. The predicted octanol–water partition coefficient (Wildman–Crippen LogP) is 0.324. The lowest BCUT2D eigenvalue weighted by molar-refractivity contribution is 0.157. The summed E-state index contributed by atoms with van der Waals surface area (Å²) in [6.07, 6.45) is 1.01. The fourth-order valence-corrected chi connectivity index (χ4v) is 2.71. The fraction of sp³-hybridized carbons (Fsp3) is 1.00. The van der Waals surface area contributed by atoms with Crippen LogP contribution in [-0.4, -0.2) is 36.2 Å². The second kappa shape index (κ2) is 6.56. The van der Waals surface area contributed by atoms with Crippen LogP contribution in [0.5, 0.6) is 0 Å². The molecule has 4 nitrogen and oxygen atoms in total. The van der Waals surface area contributed by atoms with Crippen molar-refractivity contribution in [3.8, 4) is 0 Å². The van der Waals surface area contributed by atoms with Crippen LogP contribution in [0.25, 0.3) is 0 Å². The monoisotopic (exact) mass is 192 g/mol. The van der Waals surface area contributed by atoms with Crippen molar-refractivity contribution >= 4 is 8.88 Å². The van der Waals surface area contributed by atoms with Crippen LogP contribution in [0.2, 0.25) is 0 Å². The summed E-state index contributed by atoms with van der Waals surface area (Å²) in [5.74, 6) is 0. The molecule has 0 amide bonds. The van der Waals surface area contributed by atoms with Gasteiger partial charge in [-0.05, 0) is 27.4 Å². The highest BCUT2D eigenvalue weighted by Crippen LogP contribution is 1.98. The van der Waals surface area contributed by atoms with Gasteiger partial charge in [0.05, 0.1) is 0 Å². The molecule has 0 aromatic heterocycles.